The molecular weight excluding hydrogens is 346 g/mol. The smallest absolute Gasteiger partial charge is 0.343 e. The van der Waals surface area contributed by atoms with Crippen LogP contribution < -0.4 is 4.74 Å². The minimum Gasteiger partial charge on any atom is -0.507 e. The third-order valence-corrected chi connectivity index (χ3v) is 4.15. The van der Waals surface area contributed by atoms with Crippen LogP contribution >= 0.6 is 0 Å². The van der Waals surface area contributed by atoms with Crippen LogP contribution in [0, 0.1) is 0 Å². The average Bonchev–Trinajstić information content (AvgIpc) is 2.70. The van der Waals surface area contributed by atoms with Crippen molar-refractivity contribution in [3.63, 3.8) is 0 Å². The highest BCUT2D eigenvalue weighted by molar-refractivity contribution is 5.94. The van der Waals surface area contributed by atoms with Crippen LogP contribution in [-0.2, 0) is 4.74 Å². The lowest BCUT2D eigenvalue weighted by molar-refractivity contribution is 0.0484. The Morgan fingerprint density at radius 3 is 2.37 bits per heavy atom. The normalized spacial score (nSPS) is 10.6. The average molecular weight is 371 g/mol. The monoisotopic (exact) mass is 371 g/mol. The van der Waals surface area contributed by atoms with E-state index in [0.717, 1.165) is 19.6 Å². The molecule has 0 spiro atoms. The molecule has 0 bridgehead atoms. The standard InChI is InChI=1S/C21H25NO5/c1-3-22(4-2)13-8-14-26-21(25)18-15-17(11-12-19(18)23)27-20(24)16-9-6-5-7-10-16/h5-7,9-12,15,23H,3-4,8,13-14H2,1-2H3. The Morgan fingerprint density at radius 1 is 1.00 bits per heavy atom. The molecule has 2 rings (SSSR count). The fourth-order valence-corrected chi connectivity index (χ4v) is 2.55. The van der Waals surface area contributed by atoms with Gasteiger partial charge >= 0.3 is 11.9 Å². The Hall–Kier alpha value is -2.86. The molecule has 2 aromatic rings. The van der Waals surface area contributed by atoms with Gasteiger partial charge in [-0.15, -0.1) is 0 Å². The molecule has 0 atom stereocenters. The van der Waals surface area contributed by atoms with Gasteiger partial charge in [0.1, 0.15) is 17.1 Å². The topological polar surface area (TPSA) is 76.1 Å². The third-order valence-electron chi connectivity index (χ3n) is 4.15. The Morgan fingerprint density at radius 2 is 1.70 bits per heavy atom. The first-order valence-corrected chi connectivity index (χ1v) is 9.04. The SMILES string of the molecule is CCN(CC)CCCOC(=O)c1cc(OC(=O)c2ccccc2)ccc1O. The molecule has 0 fully saturated rings. The minimum atomic E-state index is -0.648. The van der Waals surface area contributed by atoms with Crippen LogP contribution in [0.1, 0.15) is 41.0 Å². The second-order valence-electron chi connectivity index (χ2n) is 5.95. The van der Waals surface area contributed by atoms with E-state index in [4.69, 9.17) is 9.47 Å². The molecular formula is C21H25NO5. The molecule has 0 radical (unpaired) electrons. The van der Waals surface area contributed by atoms with E-state index in [0.29, 0.717) is 12.0 Å². The van der Waals surface area contributed by atoms with Crippen LogP contribution in [0.15, 0.2) is 48.5 Å². The van der Waals surface area contributed by atoms with Crippen LogP contribution in [0.3, 0.4) is 0 Å². The lowest BCUT2D eigenvalue weighted by Gasteiger charge is -2.17. The van der Waals surface area contributed by atoms with Crippen LogP contribution in [0.4, 0.5) is 0 Å². The van der Waals surface area contributed by atoms with E-state index in [1.54, 1.807) is 30.3 Å². The molecule has 0 unspecified atom stereocenters. The Balaban J connectivity index is 1.95. The number of hydrogen-bond acceptors (Lipinski definition) is 6. The summed E-state index contributed by atoms with van der Waals surface area (Å²) in [6, 6.07) is 12.6. The Kier molecular flexibility index (Phi) is 7.82. The van der Waals surface area contributed by atoms with E-state index in [2.05, 4.69) is 18.7 Å². The summed E-state index contributed by atoms with van der Waals surface area (Å²) < 4.78 is 10.5. The highest BCUT2D eigenvalue weighted by Gasteiger charge is 2.16. The van der Waals surface area contributed by atoms with Crippen molar-refractivity contribution in [2.45, 2.75) is 20.3 Å². The molecule has 6 nitrogen and oxygen atoms in total. The quantitative estimate of drug-likeness (QED) is 0.413. The van der Waals surface area contributed by atoms with Gasteiger partial charge in [0.15, 0.2) is 0 Å². The zero-order valence-corrected chi connectivity index (χ0v) is 15.7. The number of ether oxygens (including phenoxy) is 2. The van der Waals surface area contributed by atoms with Crippen molar-refractivity contribution in [1.29, 1.82) is 0 Å². The molecule has 27 heavy (non-hydrogen) atoms. The molecule has 144 valence electrons. The number of esters is 2. The summed E-state index contributed by atoms with van der Waals surface area (Å²) in [6.07, 6.45) is 0.705. The molecule has 0 aliphatic heterocycles. The highest BCUT2D eigenvalue weighted by Crippen LogP contribution is 2.24. The fraction of sp³-hybridized carbons (Fsp3) is 0.333. The van der Waals surface area contributed by atoms with Gasteiger partial charge < -0.3 is 19.5 Å². The van der Waals surface area contributed by atoms with Crippen molar-refractivity contribution >= 4 is 11.9 Å². The van der Waals surface area contributed by atoms with Crippen LogP contribution in [0.5, 0.6) is 11.5 Å². The van der Waals surface area contributed by atoms with Gasteiger partial charge in [-0.1, -0.05) is 32.0 Å². The third kappa shape index (κ3) is 6.11. The van der Waals surface area contributed by atoms with E-state index in [1.807, 2.05) is 0 Å². The number of benzene rings is 2. The van der Waals surface area contributed by atoms with Gasteiger partial charge in [-0.3, -0.25) is 0 Å². The molecule has 0 aliphatic carbocycles. The van der Waals surface area contributed by atoms with Crippen molar-refractivity contribution in [3.05, 3.63) is 59.7 Å². The summed E-state index contributed by atoms with van der Waals surface area (Å²) in [5.74, 6) is -1.25. The maximum Gasteiger partial charge on any atom is 0.343 e. The number of aromatic hydroxyl groups is 1. The molecule has 0 saturated carbocycles. The summed E-state index contributed by atoms with van der Waals surface area (Å²) in [6.45, 7) is 7.13. The molecule has 0 aliphatic rings. The molecule has 2 aromatic carbocycles. The van der Waals surface area contributed by atoms with Gasteiger partial charge in [-0.25, -0.2) is 9.59 Å². The first-order chi connectivity index (χ1) is 13.0. The first kappa shape index (κ1) is 20.5. The van der Waals surface area contributed by atoms with Crippen molar-refractivity contribution < 1.29 is 24.2 Å². The van der Waals surface area contributed by atoms with Gasteiger partial charge in [0, 0.05) is 6.54 Å². The van der Waals surface area contributed by atoms with Crippen molar-refractivity contribution in [1.82, 2.24) is 4.90 Å². The van der Waals surface area contributed by atoms with Crippen molar-refractivity contribution in [2.24, 2.45) is 0 Å². The van der Waals surface area contributed by atoms with E-state index < -0.39 is 11.9 Å². The second-order valence-corrected chi connectivity index (χ2v) is 5.95. The first-order valence-electron chi connectivity index (χ1n) is 9.04. The maximum atomic E-state index is 12.2. The second kappa shape index (κ2) is 10.3. The van der Waals surface area contributed by atoms with Crippen LogP contribution in [0.2, 0.25) is 0 Å². The van der Waals surface area contributed by atoms with Gasteiger partial charge in [0.05, 0.1) is 12.2 Å². The highest BCUT2D eigenvalue weighted by atomic mass is 16.5. The zero-order chi connectivity index (χ0) is 19.6. The lowest BCUT2D eigenvalue weighted by Crippen LogP contribution is -2.25. The van der Waals surface area contributed by atoms with E-state index in [9.17, 15) is 14.7 Å². The maximum absolute atomic E-state index is 12.2. The Labute approximate surface area is 159 Å². The predicted octanol–water partition coefficient (Wildman–Crippen LogP) is 3.50. The largest absolute Gasteiger partial charge is 0.507 e. The van der Waals surface area contributed by atoms with Crippen LogP contribution in [0.25, 0.3) is 0 Å². The van der Waals surface area contributed by atoms with Gasteiger partial charge in [0.25, 0.3) is 0 Å². The number of hydrogen-bond donors (Lipinski definition) is 1. The van der Waals surface area contributed by atoms with E-state index >= 15 is 0 Å². The number of phenols is 1. The minimum absolute atomic E-state index is 0.0313. The molecule has 0 amide bonds. The van der Waals surface area contributed by atoms with E-state index in [-0.39, 0.29) is 23.7 Å². The lowest BCUT2D eigenvalue weighted by atomic mass is 10.2. The Bertz CT molecular complexity index is 756. The van der Waals surface area contributed by atoms with Crippen LogP contribution in [-0.4, -0.2) is 48.2 Å². The summed E-state index contributed by atoms with van der Waals surface area (Å²) in [7, 11) is 0. The summed E-state index contributed by atoms with van der Waals surface area (Å²) in [4.78, 5) is 26.6. The summed E-state index contributed by atoms with van der Waals surface area (Å²) in [5.41, 5.74) is 0.363. The predicted molar refractivity (Wildman–Crippen MR) is 102 cm³/mol. The van der Waals surface area contributed by atoms with Crippen molar-refractivity contribution in [3.8, 4) is 11.5 Å². The molecule has 0 heterocycles. The molecule has 0 saturated heterocycles. The molecule has 6 heteroatoms. The van der Waals surface area contributed by atoms with Gasteiger partial charge in [-0.2, -0.15) is 0 Å². The number of rotatable bonds is 9. The number of phenolic OH excluding ortho intramolecular Hbond substituents is 1. The van der Waals surface area contributed by atoms with Gasteiger partial charge in [-0.05, 0) is 49.8 Å². The number of nitrogens with zero attached hydrogens (tertiary/aromatic N) is 1. The molecule has 0 aromatic heterocycles. The molecule has 1 N–H and O–H groups in total. The summed E-state index contributed by atoms with van der Waals surface area (Å²) in [5, 5.41) is 9.93. The van der Waals surface area contributed by atoms with E-state index in [1.165, 1.54) is 18.2 Å². The number of carbonyl (C=O) groups is 2. The number of carbonyl (C=O) groups excluding carboxylic acids is 2. The van der Waals surface area contributed by atoms with Gasteiger partial charge in [0.2, 0.25) is 0 Å². The summed E-state index contributed by atoms with van der Waals surface area (Å²) >= 11 is 0. The fourth-order valence-electron chi connectivity index (χ4n) is 2.55. The zero-order valence-electron chi connectivity index (χ0n) is 15.7. The van der Waals surface area contributed by atoms with Crippen molar-refractivity contribution in [2.75, 3.05) is 26.2 Å².